The fourth-order valence-corrected chi connectivity index (χ4v) is 4.28. The number of ether oxygens (including phenoxy) is 1. The Kier molecular flexibility index (Phi) is 4.88. The van der Waals surface area contributed by atoms with Crippen LogP contribution in [0.4, 0.5) is 11.5 Å². The van der Waals surface area contributed by atoms with E-state index in [0.29, 0.717) is 17.4 Å². The van der Waals surface area contributed by atoms with Crippen molar-refractivity contribution >= 4 is 23.6 Å². The van der Waals surface area contributed by atoms with Crippen LogP contribution >= 0.6 is 0 Å². The maximum Gasteiger partial charge on any atom is 0.323 e. The van der Waals surface area contributed by atoms with Crippen molar-refractivity contribution in [2.24, 2.45) is 0 Å². The average molecular weight is 432 g/mol. The Morgan fingerprint density at radius 1 is 1.28 bits per heavy atom. The third-order valence-electron chi connectivity index (χ3n) is 6.10. The van der Waals surface area contributed by atoms with Gasteiger partial charge in [-0.1, -0.05) is 0 Å². The van der Waals surface area contributed by atoms with E-state index in [0.717, 1.165) is 54.3 Å². The molecule has 0 bridgehead atoms. The number of carbonyl (C=O) groups excluding carboxylic acids is 1. The molecule has 1 aliphatic heterocycles. The minimum atomic E-state index is -0.00506. The number of rotatable bonds is 5. The first-order chi connectivity index (χ1) is 15.5. The van der Waals surface area contributed by atoms with Crippen molar-refractivity contribution in [2.45, 2.75) is 51.6 Å². The van der Waals surface area contributed by atoms with Gasteiger partial charge in [0.05, 0.1) is 23.5 Å². The molecule has 1 amide bonds. The van der Waals surface area contributed by atoms with Crippen molar-refractivity contribution in [3.05, 3.63) is 41.9 Å². The topological polar surface area (TPSA) is 123 Å². The molecule has 1 aromatic carbocycles. The normalized spacial score (nSPS) is 17.7. The molecule has 5 rings (SSSR count). The molecule has 1 saturated carbocycles. The highest BCUT2D eigenvalue weighted by atomic mass is 16.5. The van der Waals surface area contributed by atoms with Crippen LogP contribution in [0.5, 0.6) is 11.8 Å². The minimum Gasteiger partial charge on any atom is -0.423 e. The first kappa shape index (κ1) is 20.2. The standard InChI is InChI=1S/C23H25N7O2/c1-13-3-6-19-20(30(13)14(2)31)8-7-18(16-11-27-29(12-16)17-4-5-17)21(19)32-23-26-10-15(9-24)22(25)28-23/h7-13,17,24H,3-6H2,1-2H3,(H2,25,26,28). The lowest BCUT2D eigenvalue weighted by molar-refractivity contribution is -0.117. The van der Waals surface area contributed by atoms with E-state index >= 15 is 0 Å². The molecular weight excluding hydrogens is 406 g/mol. The number of nitrogens with zero attached hydrogens (tertiary/aromatic N) is 5. The number of fused-ring (bicyclic) bond motifs is 1. The summed E-state index contributed by atoms with van der Waals surface area (Å²) in [6.45, 7) is 3.64. The van der Waals surface area contributed by atoms with Crippen LogP contribution < -0.4 is 15.4 Å². The van der Waals surface area contributed by atoms with Gasteiger partial charge in [-0.3, -0.25) is 9.48 Å². The zero-order chi connectivity index (χ0) is 22.4. The summed E-state index contributed by atoms with van der Waals surface area (Å²) in [5, 5.41) is 11.9. The second-order valence-corrected chi connectivity index (χ2v) is 8.40. The van der Waals surface area contributed by atoms with Gasteiger partial charge in [-0.05, 0) is 44.7 Å². The largest absolute Gasteiger partial charge is 0.423 e. The molecule has 3 N–H and O–H groups in total. The van der Waals surface area contributed by atoms with Crippen LogP contribution in [0.1, 0.15) is 50.3 Å². The summed E-state index contributed by atoms with van der Waals surface area (Å²) in [7, 11) is 0. The van der Waals surface area contributed by atoms with Gasteiger partial charge in [-0.25, -0.2) is 4.98 Å². The smallest absolute Gasteiger partial charge is 0.323 e. The zero-order valence-electron chi connectivity index (χ0n) is 18.1. The third-order valence-corrected chi connectivity index (χ3v) is 6.10. The van der Waals surface area contributed by atoms with Gasteiger partial charge in [0, 0.05) is 48.3 Å². The molecule has 32 heavy (non-hydrogen) atoms. The number of benzene rings is 1. The molecule has 0 radical (unpaired) electrons. The third kappa shape index (κ3) is 3.49. The molecule has 9 heteroatoms. The Labute approximate surface area is 185 Å². The highest BCUT2D eigenvalue weighted by Crippen LogP contribution is 2.45. The predicted octanol–water partition coefficient (Wildman–Crippen LogP) is 3.73. The highest BCUT2D eigenvalue weighted by Gasteiger charge is 2.31. The zero-order valence-corrected chi connectivity index (χ0v) is 18.1. The van der Waals surface area contributed by atoms with Crippen molar-refractivity contribution in [2.75, 3.05) is 10.6 Å². The molecule has 1 unspecified atom stereocenters. The lowest BCUT2D eigenvalue weighted by Crippen LogP contribution is -2.40. The maximum atomic E-state index is 12.4. The number of hydrogen-bond donors (Lipinski definition) is 2. The van der Waals surface area contributed by atoms with Crippen LogP contribution in [0.2, 0.25) is 0 Å². The van der Waals surface area contributed by atoms with E-state index in [1.807, 2.05) is 34.1 Å². The van der Waals surface area contributed by atoms with Crippen molar-refractivity contribution in [1.82, 2.24) is 19.7 Å². The lowest BCUT2D eigenvalue weighted by Gasteiger charge is -2.35. The molecule has 2 aromatic heterocycles. The van der Waals surface area contributed by atoms with E-state index in [4.69, 9.17) is 15.9 Å². The minimum absolute atomic E-state index is 0.00506. The molecule has 1 fully saturated rings. The summed E-state index contributed by atoms with van der Waals surface area (Å²) in [6, 6.07) is 4.62. The number of nitrogens with two attached hydrogens (primary N) is 1. The Balaban J connectivity index is 1.64. The van der Waals surface area contributed by atoms with Gasteiger partial charge in [-0.15, -0.1) is 0 Å². The van der Waals surface area contributed by atoms with Gasteiger partial charge in [0.2, 0.25) is 5.91 Å². The summed E-state index contributed by atoms with van der Waals surface area (Å²) in [6.07, 6.45) is 10.3. The molecular formula is C23H25N7O2. The van der Waals surface area contributed by atoms with E-state index in [2.05, 4.69) is 22.0 Å². The molecule has 3 heterocycles. The van der Waals surface area contributed by atoms with Crippen molar-refractivity contribution in [1.29, 1.82) is 5.41 Å². The van der Waals surface area contributed by atoms with Gasteiger partial charge >= 0.3 is 6.01 Å². The van der Waals surface area contributed by atoms with Crippen molar-refractivity contribution in [3.8, 4) is 22.9 Å². The average Bonchev–Trinajstić information content (AvgIpc) is 3.50. The second kappa shape index (κ2) is 7.74. The van der Waals surface area contributed by atoms with Crippen molar-refractivity contribution < 1.29 is 9.53 Å². The number of aromatic nitrogens is 4. The van der Waals surface area contributed by atoms with Gasteiger partial charge in [0.25, 0.3) is 0 Å². The molecule has 9 nitrogen and oxygen atoms in total. The fraction of sp³-hybridized carbons (Fsp3) is 0.348. The first-order valence-electron chi connectivity index (χ1n) is 10.8. The quantitative estimate of drug-likeness (QED) is 0.593. The molecule has 0 saturated heterocycles. The van der Waals surface area contributed by atoms with E-state index in [-0.39, 0.29) is 23.8 Å². The molecule has 2 aliphatic rings. The molecule has 0 spiro atoms. The predicted molar refractivity (Wildman–Crippen MR) is 121 cm³/mol. The Morgan fingerprint density at radius 3 is 2.78 bits per heavy atom. The van der Waals surface area contributed by atoms with E-state index in [1.165, 1.54) is 6.20 Å². The number of nitrogens with one attached hydrogen (secondary N) is 1. The molecule has 164 valence electrons. The van der Waals surface area contributed by atoms with Gasteiger partial charge in [-0.2, -0.15) is 10.1 Å². The number of carbonyl (C=O) groups is 1. The summed E-state index contributed by atoms with van der Waals surface area (Å²) in [5.41, 5.74) is 9.96. The second-order valence-electron chi connectivity index (χ2n) is 8.40. The number of amides is 1. The number of hydrogen-bond acceptors (Lipinski definition) is 7. The molecule has 3 aromatic rings. The number of anilines is 2. The van der Waals surface area contributed by atoms with Crippen molar-refractivity contribution in [3.63, 3.8) is 0 Å². The van der Waals surface area contributed by atoms with Crippen LogP contribution in [-0.4, -0.2) is 37.9 Å². The van der Waals surface area contributed by atoms with Crippen LogP contribution in [-0.2, 0) is 11.2 Å². The van der Waals surface area contributed by atoms with Gasteiger partial charge in [0.15, 0.2) is 0 Å². The lowest BCUT2D eigenvalue weighted by atomic mass is 9.92. The fourth-order valence-electron chi connectivity index (χ4n) is 4.28. The Hall–Kier alpha value is -3.75. The SMILES string of the molecule is CC(=O)N1c2ccc(-c3cnn(C4CC4)c3)c(Oc3ncc(C=N)c(N)n3)c2CCC1C. The van der Waals surface area contributed by atoms with Gasteiger partial charge < -0.3 is 20.8 Å². The Morgan fingerprint density at radius 2 is 2.09 bits per heavy atom. The summed E-state index contributed by atoms with van der Waals surface area (Å²) in [4.78, 5) is 22.7. The van der Waals surface area contributed by atoms with E-state index in [9.17, 15) is 4.79 Å². The van der Waals surface area contributed by atoms with Crippen LogP contribution in [0.3, 0.4) is 0 Å². The summed E-state index contributed by atoms with van der Waals surface area (Å²) >= 11 is 0. The van der Waals surface area contributed by atoms with Crippen LogP contribution in [0, 0.1) is 5.41 Å². The number of nitrogen functional groups attached to an aromatic ring is 1. The highest BCUT2D eigenvalue weighted by molar-refractivity contribution is 5.95. The van der Waals surface area contributed by atoms with E-state index < -0.39 is 0 Å². The summed E-state index contributed by atoms with van der Waals surface area (Å²) < 4.78 is 8.23. The molecule has 1 aliphatic carbocycles. The van der Waals surface area contributed by atoms with Crippen LogP contribution in [0.25, 0.3) is 11.1 Å². The maximum absolute atomic E-state index is 12.4. The first-order valence-corrected chi connectivity index (χ1v) is 10.8. The monoisotopic (exact) mass is 431 g/mol. The van der Waals surface area contributed by atoms with Crippen LogP contribution in [0.15, 0.2) is 30.7 Å². The summed E-state index contributed by atoms with van der Waals surface area (Å²) in [5.74, 6) is 0.782. The Bertz CT molecular complexity index is 1220. The van der Waals surface area contributed by atoms with Gasteiger partial charge in [0.1, 0.15) is 11.6 Å². The molecule has 1 atom stereocenters. The van der Waals surface area contributed by atoms with E-state index in [1.54, 1.807) is 6.92 Å².